The topological polar surface area (TPSA) is 535 Å². The van der Waals surface area contributed by atoms with E-state index in [0.717, 1.165) is 48.5 Å². The molecular weight excluding hydrogens is 1240 g/mol. The average Bonchev–Trinajstić information content (AvgIpc) is 3.62. The van der Waals surface area contributed by atoms with E-state index in [0.29, 0.717) is 35.3 Å². The SMILES string of the molecule is O=C(O)c1cc(Cc2ccc(/N=N/c3ccc(O)c(/N=N/c4ccc(S(=O)(=O)CCSOOOO)cc4S(=O)(=O)O)c3O)c(COO)c2)ccc1/N=N/c1ccc(O)c(/N=N/c2ccc(S(=O)(=O)CCOS(=O)(=O)O)cc2S(=O)(=O)O)c1O. The molecule has 0 saturated heterocycles. The van der Waals surface area contributed by atoms with Gasteiger partial charge in [-0.1, -0.05) is 18.2 Å². The molecule has 40 heteroatoms. The van der Waals surface area contributed by atoms with Gasteiger partial charge in [-0.2, -0.15) is 30.4 Å². The van der Waals surface area contributed by atoms with Crippen LogP contribution in [0.4, 0.5) is 45.5 Å². The number of nitrogens with zero attached hydrogens (tertiary/aromatic N) is 8. The number of hydrogen-bond donors (Lipinski definition) is 10. The number of sulfone groups is 2. The lowest BCUT2D eigenvalue weighted by Crippen LogP contribution is -2.16. The molecule has 34 nitrogen and oxygen atoms in total. The monoisotopic (exact) mass is 1270 g/mol. The first kappa shape index (κ1) is 64.3. The number of phenolic OH excluding ortho intramolecular Hbond substituents is 4. The molecule has 0 radical (unpaired) electrons. The van der Waals surface area contributed by atoms with Crippen LogP contribution in [0.3, 0.4) is 0 Å². The van der Waals surface area contributed by atoms with Gasteiger partial charge in [-0.3, -0.25) is 18.9 Å². The van der Waals surface area contributed by atoms with E-state index in [2.05, 4.69) is 64.4 Å². The highest BCUT2D eigenvalue weighted by molar-refractivity contribution is 7.97. The summed E-state index contributed by atoms with van der Waals surface area (Å²) in [5, 5.41) is 108. The van der Waals surface area contributed by atoms with Crippen LogP contribution in [0.15, 0.2) is 158 Å². The van der Waals surface area contributed by atoms with Crippen molar-refractivity contribution in [1.29, 1.82) is 0 Å². The first-order chi connectivity index (χ1) is 38.9. The van der Waals surface area contributed by atoms with Crippen molar-refractivity contribution in [2.24, 2.45) is 40.9 Å². The second-order valence-corrected chi connectivity index (χ2v) is 25.0. The van der Waals surface area contributed by atoms with Gasteiger partial charge in [-0.15, -0.1) is 40.1 Å². The van der Waals surface area contributed by atoms with Crippen LogP contribution in [0, 0.1) is 0 Å². The van der Waals surface area contributed by atoms with Gasteiger partial charge in [-0.25, -0.2) is 36.0 Å². The van der Waals surface area contributed by atoms with Gasteiger partial charge >= 0.3 is 16.4 Å². The van der Waals surface area contributed by atoms with E-state index >= 15 is 0 Å². The van der Waals surface area contributed by atoms with Crippen molar-refractivity contribution in [3.8, 4) is 23.0 Å². The predicted molar refractivity (Wildman–Crippen MR) is 279 cm³/mol. The highest BCUT2D eigenvalue weighted by Crippen LogP contribution is 2.46. The molecule has 0 aliphatic heterocycles. The zero-order chi connectivity index (χ0) is 61.1. The lowest BCUT2D eigenvalue weighted by Gasteiger charge is -2.10. The van der Waals surface area contributed by atoms with Crippen molar-refractivity contribution in [1.82, 2.24) is 0 Å². The van der Waals surface area contributed by atoms with Gasteiger partial charge in [0.1, 0.15) is 56.3 Å². The molecule has 0 aliphatic carbocycles. The minimum absolute atomic E-state index is 0.0300. The van der Waals surface area contributed by atoms with Crippen molar-refractivity contribution in [3.05, 3.63) is 119 Å². The molecule has 6 rings (SSSR count). The maximum atomic E-state index is 12.8. The summed E-state index contributed by atoms with van der Waals surface area (Å²) in [6.07, 6.45) is 0.0300. The summed E-state index contributed by atoms with van der Waals surface area (Å²) >= 11 is 0.407. The van der Waals surface area contributed by atoms with Gasteiger partial charge < -0.3 is 25.5 Å². The molecule has 442 valence electrons. The van der Waals surface area contributed by atoms with E-state index < -0.39 is 158 Å². The Morgan fingerprint density at radius 1 is 0.518 bits per heavy atom. The number of aromatic hydroxyl groups is 4. The number of benzene rings is 6. The Bertz CT molecular complexity index is 4190. The standard InChI is InChI=1S/C43H38N8O26S6/c52-35-11-9-33(41(54)39(35)50-47-32-8-4-27(21-38(32)82(67,68)69)80(62,63)16-14-78-77-76-75-59)48-44-29-5-1-23(18-25(29)22-73-58)17-24-2-6-30(28(19-24)43(56)57)45-49-34-10-12-36(53)40(42(34)55)51-46-31-7-3-26(20-37(31)81(64,65)66)79(60,61)15-13-74-83(70,71)72/h1-12,18-21,52-55,58-59H,13-17,22H2,(H,56,57)(H,64,65,66)(H,67,68,69)(H,70,71,72)/b48-44+,49-45+,50-47+,51-46+. The maximum Gasteiger partial charge on any atom is 0.397 e. The Kier molecular flexibility index (Phi) is 20.9. The molecule has 6 aromatic carbocycles. The molecule has 0 aromatic heterocycles. The van der Waals surface area contributed by atoms with Crippen LogP contribution in [0.5, 0.6) is 23.0 Å². The van der Waals surface area contributed by atoms with Crippen LogP contribution >= 0.6 is 12.0 Å². The van der Waals surface area contributed by atoms with E-state index in [1.165, 1.54) is 36.4 Å². The summed E-state index contributed by atoms with van der Waals surface area (Å²) in [6.45, 7) is -1.55. The molecule has 0 atom stereocenters. The fourth-order valence-electron chi connectivity index (χ4n) is 6.77. The summed E-state index contributed by atoms with van der Waals surface area (Å²) < 4.78 is 158. The summed E-state index contributed by atoms with van der Waals surface area (Å²) in [4.78, 5) is 13.3. The van der Waals surface area contributed by atoms with Crippen LogP contribution in [0.2, 0.25) is 0 Å². The molecular formula is C43H38N8O26S6. The highest BCUT2D eigenvalue weighted by atomic mass is 32.3. The van der Waals surface area contributed by atoms with Crippen LogP contribution in [-0.4, -0.2) is 122 Å². The Labute approximate surface area is 471 Å². The van der Waals surface area contributed by atoms with Crippen molar-refractivity contribution in [2.45, 2.75) is 32.6 Å². The van der Waals surface area contributed by atoms with Gasteiger partial charge in [0.15, 0.2) is 42.5 Å². The van der Waals surface area contributed by atoms with E-state index in [9.17, 15) is 86.8 Å². The van der Waals surface area contributed by atoms with Gasteiger partial charge in [0.05, 0.1) is 39.2 Å². The van der Waals surface area contributed by atoms with E-state index in [4.69, 9.17) is 9.81 Å². The van der Waals surface area contributed by atoms with Gasteiger partial charge in [0.25, 0.3) is 20.2 Å². The second kappa shape index (κ2) is 27.0. The van der Waals surface area contributed by atoms with Crippen molar-refractivity contribution in [2.75, 3.05) is 23.9 Å². The predicted octanol–water partition coefficient (Wildman–Crippen LogP) is 8.31. The number of aromatic carboxylic acids is 1. The van der Waals surface area contributed by atoms with Crippen LogP contribution in [0.1, 0.15) is 27.0 Å². The normalized spacial score (nSPS) is 12.8. The molecule has 0 saturated carbocycles. The Balaban J connectivity index is 1.20. The third-order valence-corrected chi connectivity index (χ3v) is 17.0. The van der Waals surface area contributed by atoms with Crippen LogP contribution in [-0.2, 0) is 86.8 Å². The summed E-state index contributed by atoms with van der Waals surface area (Å²) in [5.74, 6) is -6.76. The lowest BCUT2D eigenvalue weighted by atomic mass is 9.99. The molecule has 83 heavy (non-hydrogen) atoms. The molecule has 0 heterocycles. The largest absolute Gasteiger partial charge is 0.505 e. The first-order valence-electron chi connectivity index (χ1n) is 22.0. The third-order valence-electron chi connectivity index (χ3n) is 10.6. The molecule has 6 aromatic rings. The Hall–Kier alpha value is -7.91. The zero-order valence-electron chi connectivity index (χ0n) is 41.0. The molecule has 0 spiro atoms. The van der Waals surface area contributed by atoms with E-state index in [1.54, 1.807) is 0 Å². The lowest BCUT2D eigenvalue weighted by molar-refractivity contribution is -0.591. The Morgan fingerprint density at radius 2 is 0.964 bits per heavy atom. The second-order valence-electron chi connectivity index (χ2n) is 16.1. The van der Waals surface area contributed by atoms with E-state index in [-0.39, 0.29) is 34.8 Å². The molecule has 0 amide bonds. The molecule has 0 fully saturated rings. The quantitative estimate of drug-likeness (QED) is 0.00578. The van der Waals surface area contributed by atoms with Crippen molar-refractivity contribution >= 4 is 114 Å². The number of carbonyl (C=O) groups is 1. The van der Waals surface area contributed by atoms with Crippen LogP contribution in [0.25, 0.3) is 0 Å². The third kappa shape index (κ3) is 17.3. The summed E-state index contributed by atoms with van der Waals surface area (Å²) in [5.41, 5.74) is -3.14. The number of phenols is 4. The fourth-order valence-corrected chi connectivity index (χ4v) is 11.8. The minimum atomic E-state index is -5.26. The first-order valence-corrected chi connectivity index (χ1v) is 30.5. The smallest absolute Gasteiger partial charge is 0.397 e. The molecule has 0 aliphatic rings. The molecule has 0 bridgehead atoms. The average molecular weight is 1280 g/mol. The number of carboxylic acid groups (broad SMARTS) is 1. The maximum absolute atomic E-state index is 12.8. The summed E-state index contributed by atoms with van der Waals surface area (Å²) in [7, 11) is -24.2. The highest BCUT2D eigenvalue weighted by Gasteiger charge is 2.26. The Morgan fingerprint density at radius 3 is 1.45 bits per heavy atom. The van der Waals surface area contributed by atoms with Gasteiger partial charge in [-0.05, 0) is 106 Å². The van der Waals surface area contributed by atoms with Crippen LogP contribution < -0.4 is 0 Å². The van der Waals surface area contributed by atoms with E-state index in [1.807, 2.05) is 0 Å². The number of hydrogen-bond acceptors (Lipinski definition) is 31. The number of azo groups is 4. The summed E-state index contributed by atoms with van der Waals surface area (Å²) in [6, 6.07) is 16.8. The zero-order valence-corrected chi connectivity index (χ0v) is 45.9. The molecule has 0 unspecified atom stereocenters. The fraction of sp³-hybridized carbons (Fsp3) is 0.140. The number of rotatable bonds is 27. The molecule has 10 N–H and O–H groups in total. The van der Waals surface area contributed by atoms with Crippen molar-refractivity contribution in [3.63, 3.8) is 0 Å². The number of carboxylic acids is 1. The minimum Gasteiger partial charge on any atom is -0.505 e. The van der Waals surface area contributed by atoms with Gasteiger partial charge in [0, 0.05) is 23.4 Å². The van der Waals surface area contributed by atoms with Gasteiger partial charge in [0.2, 0.25) is 0 Å². The van der Waals surface area contributed by atoms with Crippen molar-refractivity contribution < 1.29 is 120 Å².